The molecule has 6 nitrogen and oxygen atoms in total. The Morgan fingerprint density at radius 2 is 2.00 bits per heavy atom. The van der Waals surface area contributed by atoms with Gasteiger partial charge in [-0.3, -0.25) is 4.72 Å². The van der Waals surface area contributed by atoms with E-state index in [1.165, 1.54) is 30.3 Å². The standard InChI is InChI=1S/C11H10ClFN4O2S/c12-8-2-1-3-9(11(8)13)17-20(18,19)7-4-5-10(16-14)15-6-7/h1-6,17H,14H2,(H,15,16). The van der Waals surface area contributed by atoms with E-state index in [0.717, 1.165) is 6.20 Å². The van der Waals surface area contributed by atoms with E-state index in [2.05, 4.69) is 15.1 Å². The fourth-order valence-corrected chi connectivity index (χ4v) is 2.59. The normalized spacial score (nSPS) is 11.2. The molecule has 9 heteroatoms. The first-order chi connectivity index (χ1) is 9.44. The van der Waals surface area contributed by atoms with Crippen LogP contribution in [-0.4, -0.2) is 13.4 Å². The van der Waals surface area contributed by atoms with E-state index in [0.29, 0.717) is 5.82 Å². The number of hydrazine groups is 1. The van der Waals surface area contributed by atoms with Gasteiger partial charge in [0.2, 0.25) is 0 Å². The number of nitrogen functional groups attached to an aromatic ring is 1. The molecule has 0 radical (unpaired) electrons. The number of pyridine rings is 1. The first-order valence-corrected chi connectivity index (χ1v) is 7.19. The molecule has 0 aliphatic rings. The van der Waals surface area contributed by atoms with Crippen molar-refractivity contribution in [2.75, 3.05) is 10.1 Å². The van der Waals surface area contributed by atoms with Crippen LogP contribution in [0.25, 0.3) is 0 Å². The van der Waals surface area contributed by atoms with Gasteiger partial charge in [0.1, 0.15) is 10.7 Å². The van der Waals surface area contributed by atoms with Gasteiger partial charge in [0.25, 0.3) is 10.0 Å². The van der Waals surface area contributed by atoms with Crippen LogP contribution >= 0.6 is 11.6 Å². The SMILES string of the molecule is NNc1ccc(S(=O)(=O)Nc2cccc(Cl)c2F)cn1. The van der Waals surface area contributed by atoms with E-state index in [4.69, 9.17) is 17.4 Å². The van der Waals surface area contributed by atoms with Crippen LogP contribution in [0.1, 0.15) is 0 Å². The molecule has 106 valence electrons. The summed E-state index contributed by atoms with van der Waals surface area (Å²) in [7, 11) is -3.96. The molecule has 2 aromatic rings. The van der Waals surface area contributed by atoms with Gasteiger partial charge in [-0.2, -0.15) is 0 Å². The number of halogens is 2. The molecule has 2 rings (SSSR count). The molecule has 0 spiro atoms. The predicted molar refractivity (Wildman–Crippen MR) is 74.3 cm³/mol. The summed E-state index contributed by atoms with van der Waals surface area (Å²) in [5.74, 6) is 4.59. The lowest BCUT2D eigenvalue weighted by atomic mass is 10.3. The van der Waals surface area contributed by atoms with Gasteiger partial charge in [0.15, 0.2) is 5.82 Å². The van der Waals surface area contributed by atoms with Crippen LogP contribution < -0.4 is 16.0 Å². The molecule has 0 saturated heterocycles. The highest BCUT2D eigenvalue weighted by atomic mass is 35.5. The van der Waals surface area contributed by atoms with E-state index in [1.54, 1.807) is 0 Å². The molecule has 0 saturated carbocycles. The van der Waals surface area contributed by atoms with Gasteiger partial charge >= 0.3 is 0 Å². The first kappa shape index (κ1) is 14.5. The maximum atomic E-state index is 13.7. The topological polar surface area (TPSA) is 97.1 Å². The van der Waals surface area contributed by atoms with Crippen molar-refractivity contribution in [2.45, 2.75) is 4.90 Å². The molecule has 1 aromatic heterocycles. The Bertz CT molecular complexity index is 722. The van der Waals surface area contributed by atoms with Crippen LogP contribution in [0.3, 0.4) is 0 Å². The Hall–Kier alpha value is -1.90. The lowest BCUT2D eigenvalue weighted by molar-refractivity contribution is 0.598. The minimum absolute atomic E-state index is 0.129. The Morgan fingerprint density at radius 3 is 2.60 bits per heavy atom. The van der Waals surface area contributed by atoms with Crippen molar-refractivity contribution >= 4 is 33.1 Å². The number of nitrogens with one attached hydrogen (secondary N) is 2. The van der Waals surface area contributed by atoms with Gasteiger partial charge in [-0.25, -0.2) is 23.6 Å². The zero-order valence-corrected chi connectivity index (χ0v) is 11.5. The van der Waals surface area contributed by atoms with E-state index in [9.17, 15) is 12.8 Å². The molecule has 20 heavy (non-hydrogen) atoms. The third-order valence-corrected chi connectivity index (χ3v) is 4.03. The quantitative estimate of drug-likeness (QED) is 0.592. The highest BCUT2D eigenvalue weighted by Gasteiger charge is 2.17. The summed E-state index contributed by atoms with van der Waals surface area (Å²) in [5.41, 5.74) is 2.03. The Morgan fingerprint density at radius 1 is 1.25 bits per heavy atom. The van der Waals surface area contributed by atoms with Crippen LogP contribution in [0.15, 0.2) is 41.4 Å². The monoisotopic (exact) mass is 316 g/mol. The van der Waals surface area contributed by atoms with Gasteiger partial charge in [-0.05, 0) is 24.3 Å². The molecule has 0 aliphatic carbocycles. The first-order valence-electron chi connectivity index (χ1n) is 5.33. The van der Waals surface area contributed by atoms with E-state index >= 15 is 0 Å². The molecule has 0 bridgehead atoms. The fraction of sp³-hybridized carbons (Fsp3) is 0. The van der Waals surface area contributed by atoms with Gasteiger partial charge in [-0.15, -0.1) is 0 Å². The van der Waals surface area contributed by atoms with Crippen LogP contribution in [0.4, 0.5) is 15.9 Å². The van der Waals surface area contributed by atoms with Gasteiger partial charge in [0, 0.05) is 6.20 Å². The number of hydrogen-bond acceptors (Lipinski definition) is 5. The highest BCUT2D eigenvalue weighted by Crippen LogP contribution is 2.24. The largest absolute Gasteiger partial charge is 0.308 e. The Balaban J connectivity index is 2.33. The summed E-state index contributed by atoms with van der Waals surface area (Å²) in [6, 6.07) is 6.68. The molecule has 4 N–H and O–H groups in total. The van der Waals surface area contributed by atoms with Crippen molar-refractivity contribution in [1.82, 2.24) is 4.98 Å². The minimum atomic E-state index is -3.96. The maximum absolute atomic E-state index is 13.7. The van der Waals surface area contributed by atoms with Crippen LogP contribution in [0.5, 0.6) is 0 Å². The van der Waals surface area contributed by atoms with Crippen LogP contribution in [0, 0.1) is 5.82 Å². The number of aromatic nitrogens is 1. The summed E-state index contributed by atoms with van der Waals surface area (Å²) in [4.78, 5) is 3.64. The van der Waals surface area contributed by atoms with Crippen molar-refractivity contribution in [3.8, 4) is 0 Å². The summed E-state index contributed by atoms with van der Waals surface area (Å²) in [5, 5.41) is -0.175. The molecule has 0 amide bonds. The number of rotatable bonds is 4. The van der Waals surface area contributed by atoms with E-state index in [1.807, 2.05) is 0 Å². The average molecular weight is 317 g/mol. The van der Waals surface area contributed by atoms with E-state index in [-0.39, 0.29) is 15.6 Å². The summed E-state index contributed by atoms with van der Waals surface area (Å²) in [6.07, 6.45) is 1.10. The molecule has 0 atom stereocenters. The molecule has 0 unspecified atom stereocenters. The zero-order valence-electron chi connectivity index (χ0n) is 9.97. The number of nitrogens with zero attached hydrogens (tertiary/aromatic N) is 1. The number of sulfonamides is 1. The smallest absolute Gasteiger partial charge is 0.263 e. The fourth-order valence-electron chi connectivity index (χ4n) is 1.41. The summed E-state index contributed by atoms with van der Waals surface area (Å²) in [6.45, 7) is 0. The van der Waals surface area contributed by atoms with Crippen molar-refractivity contribution < 1.29 is 12.8 Å². The minimum Gasteiger partial charge on any atom is -0.308 e. The third-order valence-electron chi connectivity index (χ3n) is 2.39. The predicted octanol–water partition coefficient (Wildman–Crippen LogP) is 1.96. The summed E-state index contributed by atoms with van der Waals surface area (Å²) >= 11 is 5.58. The Labute approximate surface area is 119 Å². The number of anilines is 2. The third kappa shape index (κ3) is 2.98. The lowest BCUT2D eigenvalue weighted by Crippen LogP contribution is -2.15. The maximum Gasteiger partial charge on any atom is 0.263 e. The van der Waals surface area contributed by atoms with Crippen LogP contribution in [-0.2, 0) is 10.0 Å². The van der Waals surface area contributed by atoms with Gasteiger partial charge in [-0.1, -0.05) is 17.7 Å². The van der Waals surface area contributed by atoms with E-state index < -0.39 is 15.8 Å². The van der Waals surface area contributed by atoms with Crippen molar-refractivity contribution in [3.63, 3.8) is 0 Å². The number of benzene rings is 1. The zero-order chi connectivity index (χ0) is 14.8. The second kappa shape index (κ2) is 5.61. The van der Waals surface area contributed by atoms with Gasteiger partial charge < -0.3 is 5.43 Å². The average Bonchev–Trinajstić information content (AvgIpc) is 2.44. The molecular formula is C11H10ClFN4O2S. The Kier molecular flexibility index (Phi) is 4.07. The second-order valence-corrected chi connectivity index (χ2v) is 5.82. The molecule has 0 fully saturated rings. The summed E-state index contributed by atoms with van der Waals surface area (Å²) < 4.78 is 39.9. The molecule has 1 heterocycles. The highest BCUT2D eigenvalue weighted by molar-refractivity contribution is 7.92. The molecular weight excluding hydrogens is 307 g/mol. The number of hydrogen-bond donors (Lipinski definition) is 3. The number of nitrogens with two attached hydrogens (primary N) is 1. The van der Waals surface area contributed by atoms with Gasteiger partial charge in [0.05, 0.1) is 10.7 Å². The van der Waals surface area contributed by atoms with Crippen molar-refractivity contribution in [2.24, 2.45) is 5.84 Å². The molecule has 1 aromatic carbocycles. The lowest BCUT2D eigenvalue weighted by Gasteiger charge is -2.09. The second-order valence-electron chi connectivity index (χ2n) is 3.73. The molecule has 0 aliphatic heterocycles. The van der Waals surface area contributed by atoms with Crippen molar-refractivity contribution in [3.05, 3.63) is 47.4 Å². The van der Waals surface area contributed by atoms with Crippen LogP contribution in [0.2, 0.25) is 5.02 Å². The van der Waals surface area contributed by atoms with Crippen molar-refractivity contribution in [1.29, 1.82) is 0 Å².